The average Bonchev–Trinajstić information content (AvgIpc) is 2.34. The van der Waals surface area contributed by atoms with Gasteiger partial charge in [-0.25, -0.2) is 0 Å². The average molecular weight is 256 g/mol. The Balaban J connectivity index is 2.55. The van der Waals surface area contributed by atoms with Gasteiger partial charge in [-0.3, -0.25) is 9.59 Å². The van der Waals surface area contributed by atoms with Gasteiger partial charge in [0, 0.05) is 31.0 Å². The zero-order valence-electron chi connectivity index (χ0n) is 10.5. The second-order valence-electron chi connectivity index (χ2n) is 4.58. The third-order valence-corrected chi connectivity index (χ3v) is 3.57. The van der Waals surface area contributed by atoms with Crippen molar-refractivity contribution in [2.45, 2.75) is 25.8 Å². The molecule has 0 atom stereocenters. The molecule has 0 radical (unpaired) electrons. The molecule has 1 saturated heterocycles. The normalized spacial score (nSPS) is 19.8. The van der Waals surface area contributed by atoms with E-state index in [0.717, 1.165) is 11.5 Å². The molecular formula is C12H20N2O2S. The molecule has 96 valence electrons. The van der Waals surface area contributed by atoms with Crippen LogP contribution in [0, 0.1) is 0 Å². The highest BCUT2D eigenvalue weighted by Crippen LogP contribution is 2.14. The van der Waals surface area contributed by atoms with Gasteiger partial charge in [-0.2, -0.15) is 11.8 Å². The highest BCUT2D eigenvalue weighted by atomic mass is 32.2. The van der Waals surface area contributed by atoms with Gasteiger partial charge in [0.15, 0.2) is 0 Å². The molecule has 1 heterocycles. The van der Waals surface area contributed by atoms with E-state index < -0.39 is 5.54 Å². The van der Waals surface area contributed by atoms with Crippen LogP contribution in [0.5, 0.6) is 0 Å². The Labute approximate surface area is 107 Å². The number of hydrogen-bond donors (Lipinski definition) is 1. The highest BCUT2D eigenvalue weighted by molar-refractivity contribution is 7.99. The lowest BCUT2D eigenvalue weighted by atomic mass is 10.0. The number of carbonyl (C=O) groups excluding carboxylic acids is 2. The molecule has 0 aromatic heterocycles. The molecular weight excluding hydrogens is 236 g/mol. The van der Waals surface area contributed by atoms with E-state index >= 15 is 0 Å². The van der Waals surface area contributed by atoms with Crippen LogP contribution in [0.3, 0.4) is 0 Å². The first kappa shape index (κ1) is 14.1. The van der Waals surface area contributed by atoms with E-state index in [0.29, 0.717) is 19.5 Å². The molecule has 0 saturated carbocycles. The summed E-state index contributed by atoms with van der Waals surface area (Å²) in [6.45, 7) is 8.36. The van der Waals surface area contributed by atoms with E-state index in [9.17, 15) is 9.59 Å². The smallest absolute Gasteiger partial charge is 0.247 e. The van der Waals surface area contributed by atoms with Gasteiger partial charge in [-0.15, -0.1) is 6.58 Å². The molecule has 0 aromatic rings. The largest absolute Gasteiger partial charge is 0.342 e. The molecule has 1 fully saturated rings. The highest BCUT2D eigenvalue weighted by Gasteiger charge is 2.35. The lowest BCUT2D eigenvalue weighted by molar-refractivity contribution is -0.137. The van der Waals surface area contributed by atoms with Gasteiger partial charge in [0.25, 0.3) is 0 Å². The minimum atomic E-state index is -0.781. The third-order valence-electron chi connectivity index (χ3n) is 2.62. The molecule has 4 nitrogen and oxygen atoms in total. The van der Waals surface area contributed by atoms with Gasteiger partial charge in [0.1, 0.15) is 5.54 Å². The molecule has 1 rings (SSSR count). The van der Waals surface area contributed by atoms with Crippen molar-refractivity contribution in [2.75, 3.05) is 24.6 Å². The van der Waals surface area contributed by atoms with Crippen molar-refractivity contribution in [3.05, 3.63) is 12.7 Å². The van der Waals surface area contributed by atoms with Crippen LogP contribution >= 0.6 is 11.8 Å². The fourth-order valence-corrected chi connectivity index (χ4v) is 2.44. The number of nitrogens with zero attached hydrogens (tertiary/aromatic N) is 1. The first-order valence-corrected chi connectivity index (χ1v) is 6.92. The van der Waals surface area contributed by atoms with E-state index in [4.69, 9.17) is 0 Å². The quantitative estimate of drug-likeness (QED) is 0.590. The van der Waals surface area contributed by atoms with Crippen molar-refractivity contribution in [1.82, 2.24) is 10.2 Å². The Morgan fingerprint density at radius 2 is 2.24 bits per heavy atom. The number of nitrogens with one attached hydrogen (secondary N) is 1. The maximum absolute atomic E-state index is 12.2. The summed E-state index contributed by atoms with van der Waals surface area (Å²) in [6.07, 6.45) is 2.24. The number of amides is 2. The summed E-state index contributed by atoms with van der Waals surface area (Å²) in [6, 6.07) is 0. The van der Waals surface area contributed by atoms with E-state index in [1.54, 1.807) is 30.5 Å². The summed E-state index contributed by atoms with van der Waals surface area (Å²) in [7, 11) is 0. The van der Waals surface area contributed by atoms with Crippen LogP contribution in [0.15, 0.2) is 12.7 Å². The van der Waals surface area contributed by atoms with Crippen molar-refractivity contribution in [3.8, 4) is 0 Å². The minimum absolute atomic E-state index is 0.00236. The molecule has 1 N–H and O–H groups in total. The summed E-state index contributed by atoms with van der Waals surface area (Å²) in [5.74, 6) is 1.72. The second kappa shape index (κ2) is 6.10. The Morgan fingerprint density at radius 3 is 2.88 bits per heavy atom. The molecule has 1 aliphatic rings. The Bertz CT molecular complexity index is 316. The van der Waals surface area contributed by atoms with Gasteiger partial charge in [0.2, 0.25) is 11.8 Å². The number of thioether (sulfide) groups is 1. The van der Waals surface area contributed by atoms with Crippen molar-refractivity contribution in [1.29, 1.82) is 0 Å². The van der Waals surface area contributed by atoms with Gasteiger partial charge >= 0.3 is 0 Å². The molecule has 17 heavy (non-hydrogen) atoms. The third kappa shape index (κ3) is 4.07. The SMILES string of the molecule is C=CCSCCN1CCC(=O)NC(C)(C)C1=O. The van der Waals surface area contributed by atoms with E-state index in [-0.39, 0.29) is 11.8 Å². The summed E-state index contributed by atoms with van der Waals surface area (Å²) in [5.41, 5.74) is -0.781. The molecule has 0 aromatic carbocycles. The molecule has 0 bridgehead atoms. The van der Waals surface area contributed by atoms with Crippen LogP contribution in [-0.2, 0) is 9.59 Å². The summed E-state index contributed by atoms with van der Waals surface area (Å²) >= 11 is 1.74. The Morgan fingerprint density at radius 1 is 1.53 bits per heavy atom. The maximum Gasteiger partial charge on any atom is 0.247 e. The van der Waals surface area contributed by atoms with Crippen LogP contribution in [0.1, 0.15) is 20.3 Å². The van der Waals surface area contributed by atoms with Crippen LogP contribution in [0.25, 0.3) is 0 Å². The molecule has 0 unspecified atom stereocenters. The molecule has 0 spiro atoms. The molecule has 1 aliphatic heterocycles. The number of carbonyl (C=O) groups is 2. The minimum Gasteiger partial charge on any atom is -0.342 e. The van der Waals surface area contributed by atoms with E-state index in [1.807, 2.05) is 6.08 Å². The van der Waals surface area contributed by atoms with E-state index in [1.165, 1.54) is 0 Å². The van der Waals surface area contributed by atoms with Gasteiger partial charge in [-0.05, 0) is 13.8 Å². The standard InChI is InChI=1S/C12H20N2O2S/c1-4-8-17-9-7-14-6-5-10(15)13-12(2,3)11(14)16/h4H,1,5-9H2,2-3H3,(H,13,15). The fraction of sp³-hybridized carbons (Fsp3) is 0.667. The Hall–Kier alpha value is -0.970. The van der Waals surface area contributed by atoms with E-state index in [2.05, 4.69) is 11.9 Å². The van der Waals surface area contributed by atoms with Crippen molar-refractivity contribution >= 4 is 23.6 Å². The zero-order chi connectivity index (χ0) is 12.9. The first-order chi connectivity index (χ1) is 7.97. The lowest BCUT2D eigenvalue weighted by Crippen LogP contribution is -2.53. The van der Waals surface area contributed by atoms with Crippen molar-refractivity contribution in [3.63, 3.8) is 0 Å². The van der Waals surface area contributed by atoms with Crippen LogP contribution < -0.4 is 5.32 Å². The lowest BCUT2D eigenvalue weighted by Gasteiger charge is -2.28. The molecule has 5 heteroatoms. The topological polar surface area (TPSA) is 49.4 Å². The summed E-state index contributed by atoms with van der Waals surface area (Å²) < 4.78 is 0. The summed E-state index contributed by atoms with van der Waals surface area (Å²) in [4.78, 5) is 25.4. The summed E-state index contributed by atoms with van der Waals surface area (Å²) in [5, 5.41) is 2.75. The molecule has 2 amide bonds. The van der Waals surface area contributed by atoms with Crippen molar-refractivity contribution < 1.29 is 9.59 Å². The van der Waals surface area contributed by atoms with Gasteiger partial charge in [-0.1, -0.05) is 6.08 Å². The first-order valence-electron chi connectivity index (χ1n) is 5.76. The van der Waals surface area contributed by atoms with Crippen LogP contribution in [0.2, 0.25) is 0 Å². The number of hydrogen-bond acceptors (Lipinski definition) is 3. The van der Waals surface area contributed by atoms with Gasteiger partial charge in [0.05, 0.1) is 0 Å². The predicted octanol–water partition coefficient (Wildman–Crippen LogP) is 1.03. The second-order valence-corrected chi connectivity index (χ2v) is 5.73. The Kier molecular flexibility index (Phi) is 5.05. The van der Waals surface area contributed by atoms with Crippen LogP contribution in [0.4, 0.5) is 0 Å². The molecule has 0 aliphatic carbocycles. The number of rotatable bonds is 5. The zero-order valence-corrected chi connectivity index (χ0v) is 11.3. The predicted molar refractivity (Wildman–Crippen MR) is 70.9 cm³/mol. The fourth-order valence-electron chi connectivity index (χ4n) is 1.75. The van der Waals surface area contributed by atoms with Gasteiger partial charge < -0.3 is 10.2 Å². The maximum atomic E-state index is 12.2. The van der Waals surface area contributed by atoms with Crippen LogP contribution in [-0.4, -0.2) is 46.8 Å². The monoisotopic (exact) mass is 256 g/mol. The van der Waals surface area contributed by atoms with Crippen molar-refractivity contribution in [2.24, 2.45) is 0 Å².